The monoisotopic (exact) mass is 277 g/mol. The molecule has 1 atom stereocenters. The van der Waals surface area contributed by atoms with E-state index >= 15 is 0 Å². The van der Waals surface area contributed by atoms with E-state index in [1.807, 2.05) is 24.8 Å². The number of nitrogens with zero attached hydrogens (tertiary/aromatic N) is 2. The first-order valence-corrected chi connectivity index (χ1v) is 7.14. The molecule has 1 aromatic heterocycles. The molecule has 1 N–H and O–H groups in total. The number of aryl methyl sites for hydroxylation is 1. The summed E-state index contributed by atoms with van der Waals surface area (Å²) in [6.07, 6.45) is 2.69. The molecule has 0 bridgehead atoms. The van der Waals surface area contributed by atoms with Crippen LogP contribution in [0.4, 0.5) is 5.69 Å². The van der Waals surface area contributed by atoms with Crippen molar-refractivity contribution in [1.82, 2.24) is 9.88 Å². The fourth-order valence-corrected chi connectivity index (χ4v) is 2.63. The molecule has 1 fully saturated rings. The first-order chi connectivity index (χ1) is 9.65. The quantitative estimate of drug-likeness (QED) is 0.893. The van der Waals surface area contributed by atoms with E-state index in [9.17, 15) is 4.79 Å². The number of nitrogens with one attached hydrogen (secondary N) is 1. The van der Waals surface area contributed by atoms with E-state index in [1.165, 1.54) is 0 Å². The van der Waals surface area contributed by atoms with Crippen LogP contribution in [-0.2, 0) is 4.74 Å². The van der Waals surface area contributed by atoms with E-state index < -0.39 is 0 Å². The number of aromatic nitrogens is 1. The van der Waals surface area contributed by atoms with E-state index in [-0.39, 0.29) is 5.91 Å². The normalized spacial score (nSPS) is 18.4. The first-order valence-electron chi connectivity index (χ1n) is 7.14. The second-order valence-corrected chi connectivity index (χ2v) is 5.26. The maximum atomic E-state index is 12.6. The molecule has 0 radical (unpaired) electrons. The molecule has 1 aromatic rings. The summed E-state index contributed by atoms with van der Waals surface area (Å²) in [5.74, 6) is 0.511. The van der Waals surface area contributed by atoms with Gasteiger partial charge in [-0.2, -0.15) is 0 Å². The van der Waals surface area contributed by atoms with Gasteiger partial charge >= 0.3 is 0 Å². The van der Waals surface area contributed by atoms with Crippen molar-refractivity contribution in [2.24, 2.45) is 5.92 Å². The lowest BCUT2D eigenvalue weighted by Crippen LogP contribution is -2.30. The summed E-state index contributed by atoms with van der Waals surface area (Å²) in [7, 11) is 1.71. The highest BCUT2D eigenvalue weighted by atomic mass is 16.5. The van der Waals surface area contributed by atoms with Gasteiger partial charge in [0.15, 0.2) is 0 Å². The number of ether oxygens (including phenoxy) is 1. The Morgan fingerprint density at radius 1 is 1.60 bits per heavy atom. The van der Waals surface area contributed by atoms with Crippen molar-refractivity contribution in [3.05, 3.63) is 23.5 Å². The highest BCUT2D eigenvalue weighted by Crippen LogP contribution is 2.22. The lowest BCUT2D eigenvalue weighted by molar-refractivity contribution is 0.0776. The Balaban J connectivity index is 2.13. The minimum atomic E-state index is 0.0621. The van der Waals surface area contributed by atoms with E-state index in [4.69, 9.17) is 4.74 Å². The number of methoxy groups -OCH3 is 1. The second-order valence-electron chi connectivity index (χ2n) is 5.26. The van der Waals surface area contributed by atoms with Crippen molar-refractivity contribution < 1.29 is 9.53 Å². The average molecular weight is 277 g/mol. The molecule has 1 aliphatic heterocycles. The van der Waals surface area contributed by atoms with Gasteiger partial charge in [0, 0.05) is 44.6 Å². The van der Waals surface area contributed by atoms with Crippen molar-refractivity contribution >= 4 is 11.6 Å². The Hall–Kier alpha value is -1.62. The number of carbonyl (C=O) groups is 1. The molecule has 1 saturated heterocycles. The molecule has 2 heterocycles. The van der Waals surface area contributed by atoms with Gasteiger partial charge < -0.3 is 15.0 Å². The van der Waals surface area contributed by atoms with Gasteiger partial charge in [-0.05, 0) is 26.3 Å². The van der Waals surface area contributed by atoms with Crippen LogP contribution in [0.15, 0.2) is 12.3 Å². The standard InChI is InChI=1S/C15H23N3O2/c1-4-16-14-7-11(2)17-8-13(14)15(19)18-6-5-12(9-18)10-20-3/h7-8,12H,4-6,9-10H2,1-3H3,(H,16,17). The van der Waals surface area contributed by atoms with Crippen molar-refractivity contribution in [3.63, 3.8) is 0 Å². The Bertz CT molecular complexity index is 476. The summed E-state index contributed by atoms with van der Waals surface area (Å²) in [5.41, 5.74) is 2.45. The van der Waals surface area contributed by atoms with E-state index in [0.29, 0.717) is 11.5 Å². The Morgan fingerprint density at radius 2 is 2.40 bits per heavy atom. The fraction of sp³-hybridized carbons (Fsp3) is 0.600. The number of pyridine rings is 1. The number of anilines is 1. The molecular formula is C15H23N3O2. The first kappa shape index (κ1) is 14.8. The van der Waals surface area contributed by atoms with Crippen LogP contribution in [-0.4, -0.2) is 49.1 Å². The highest BCUT2D eigenvalue weighted by Gasteiger charge is 2.28. The third-order valence-electron chi connectivity index (χ3n) is 3.61. The van der Waals surface area contributed by atoms with E-state index in [0.717, 1.165) is 44.0 Å². The number of amides is 1. The lowest BCUT2D eigenvalue weighted by Gasteiger charge is -2.19. The maximum absolute atomic E-state index is 12.6. The van der Waals surface area contributed by atoms with Gasteiger partial charge in [-0.15, -0.1) is 0 Å². The summed E-state index contributed by atoms with van der Waals surface area (Å²) in [6, 6.07) is 1.93. The molecule has 5 heteroatoms. The van der Waals surface area contributed by atoms with Gasteiger partial charge in [-0.1, -0.05) is 0 Å². The molecular weight excluding hydrogens is 254 g/mol. The zero-order valence-corrected chi connectivity index (χ0v) is 12.5. The molecule has 0 aromatic carbocycles. The number of hydrogen-bond acceptors (Lipinski definition) is 4. The van der Waals surface area contributed by atoms with Crippen molar-refractivity contribution in [2.45, 2.75) is 20.3 Å². The maximum Gasteiger partial charge on any atom is 0.257 e. The van der Waals surface area contributed by atoms with Crippen LogP contribution in [0.5, 0.6) is 0 Å². The molecule has 1 amide bonds. The average Bonchev–Trinajstić information content (AvgIpc) is 2.88. The van der Waals surface area contributed by atoms with Crippen LogP contribution in [0, 0.1) is 12.8 Å². The third-order valence-corrected chi connectivity index (χ3v) is 3.61. The van der Waals surface area contributed by atoms with Crippen LogP contribution in [0.3, 0.4) is 0 Å². The molecule has 5 nitrogen and oxygen atoms in total. The van der Waals surface area contributed by atoms with Crippen molar-refractivity contribution in [1.29, 1.82) is 0 Å². The van der Waals surface area contributed by atoms with Gasteiger partial charge in [0.2, 0.25) is 0 Å². The number of hydrogen-bond donors (Lipinski definition) is 1. The molecule has 20 heavy (non-hydrogen) atoms. The third kappa shape index (κ3) is 3.28. The van der Waals surface area contributed by atoms with E-state index in [2.05, 4.69) is 10.3 Å². The Labute approximate surface area is 120 Å². The second kappa shape index (κ2) is 6.70. The van der Waals surface area contributed by atoms with Crippen molar-refractivity contribution in [3.8, 4) is 0 Å². The summed E-state index contributed by atoms with van der Waals surface area (Å²) in [5, 5.41) is 3.25. The van der Waals surface area contributed by atoms with Crippen molar-refractivity contribution in [2.75, 3.05) is 38.7 Å². The fourth-order valence-electron chi connectivity index (χ4n) is 2.63. The smallest absolute Gasteiger partial charge is 0.257 e. The Kier molecular flexibility index (Phi) is 4.95. The molecule has 1 aliphatic rings. The van der Waals surface area contributed by atoms with Crippen LogP contribution in [0.1, 0.15) is 29.4 Å². The summed E-state index contributed by atoms with van der Waals surface area (Å²) in [4.78, 5) is 18.8. The molecule has 110 valence electrons. The lowest BCUT2D eigenvalue weighted by atomic mass is 10.1. The summed E-state index contributed by atoms with van der Waals surface area (Å²) >= 11 is 0. The molecule has 0 spiro atoms. The Morgan fingerprint density at radius 3 is 3.10 bits per heavy atom. The van der Waals surface area contributed by atoms with Gasteiger partial charge in [0.1, 0.15) is 0 Å². The minimum absolute atomic E-state index is 0.0621. The zero-order chi connectivity index (χ0) is 14.5. The highest BCUT2D eigenvalue weighted by molar-refractivity contribution is 5.99. The molecule has 0 saturated carbocycles. The van der Waals surface area contributed by atoms with Crippen LogP contribution in [0.2, 0.25) is 0 Å². The van der Waals surface area contributed by atoms with Crippen LogP contribution in [0.25, 0.3) is 0 Å². The SMILES string of the molecule is CCNc1cc(C)ncc1C(=O)N1CCC(COC)C1. The van der Waals surface area contributed by atoms with Gasteiger partial charge in [-0.25, -0.2) is 0 Å². The predicted molar refractivity (Wildman–Crippen MR) is 79.0 cm³/mol. The molecule has 0 aliphatic carbocycles. The molecule has 2 rings (SSSR count). The number of rotatable bonds is 5. The van der Waals surface area contributed by atoms with E-state index in [1.54, 1.807) is 13.3 Å². The summed E-state index contributed by atoms with van der Waals surface area (Å²) in [6.45, 7) is 7.03. The topological polar surface area (TPSA) is 54.5 Å². The zero-order valence-electron chi connectivity index (χ0n) is 12.5. The van der Waals surface area contributed by atoms with Gasteiger partial charge in [0.05, 0.1) is 17.9 Å². The number of likely N-dealkylation sites (tertiary alicyclic amines) is 1. The largest absolute Gasteiger partial charge is 0.385 e. The minimum Gasteiger partial charge on any atom is -0.385 e. The predicted octanol–water partition coefficient (Wildman–Crippen LogP) is 1.93. The number of carbonyl (C=O) groups excluding carboxylic acids is 1. The van der Waals surface area contributed by atoms with Gasteiger partial charge in [-0.3, -0.25) is 9.78 Å². The van der Waals surface area contributed by atoms with Crippen LogP contribution < -0.4 is 5.32 Å². The summed E-state index contributed by atoms with van der Waals surface area (Å²) < 4.78 is 5.17. The van der Waals surface area contributed by atoms with Gasteiger partial charge in [0.25, 0.3) is 5.91 Å². The molecule has 1 unspecified atom stereocenters. The van der Waals surface area contributed by atoms with Crippen LogP contribution >= 0.6 is 0 Å².